The molecule has 1 heterocycles. The molecule has 0 amide bonds. The topological polar surface area (TPSA) is 59.3 Å². The van der Waals surface area contributed by atoms with Gasteiger partial charge in [0.05, 0.1) is 25.4 Å². The van der Waals surface area contributed by atoms with Crippen molar-refractivity contribution in [2.75, 3.05) is 19.0 Å². The van der Waals surface area contributed by atoms with E-state index in [0.717, 1.165) is 15.9 Å². The molecule has 0 aliphatic rings. The number of nitrogens with zero attached hydrogens (tertiary/aromatic N) is 2. The number of benzene rings is 1. The molecule has 1 aromatic heterocycles. The predicted octanol–water partition coefficient (Wildman–Crippen LogP) is 2.13. The van der Waals surface area contributed by atoms with Gasteiger partial charge >= 0.3 is 0 Å². The van der Waals surface area contributed by atoms with E-state index >= 15 is 0 Å². The van der Waals surface area contributed by atoms with Crippen molar-refractivity contribution >= 4 is 21.6 Å². The van der Waals surface area contributed by atoms with E-state index in [-0.39, 0.29) is 0 Å². The highest BCUT2D eigenvalue weighted by Gasteiger charge is 2.07. The Morgan fingerprint density at radius 2 is 2.37 bits per heavy atom. The lowest BCUT2D eigenvalue weighted by molar-refractivity contribution is 0.161. The molecule has 5 nitrogen and oxygen atoms in total. The maximum Gasteiger partial charge on any atom is 0.121 e. The molecule has 0 radical (unpaired) electrons. The highest BCUT2D eigenvalue weighted by Crippen LogP contribution is 2.26. The van der Waals surface area contributed by atoms with Crippen LogP contribution in [0.5, 0.6) is 5.75 Å². The van der Waals surface area contributed by atoms with Crippen LogP contribution in [0.15, 0.2) is 41.1 Å². The number of rotatable bonds is 6. The summed E-state index contributed by atoms with van der Waals surface area (Å²) in [6.45, 7) is 0.896. The van der Waals surface area contributed by atoms with Crippen LogP contribution >= 0.6 is 15.9 Å². The molecule has 1 aromatic carbocycles. The molecule has 0 spiro atoms. The number of hydrogen-bond acceptors (Lipinski definition) is 4. The first-order valence-corrected chi connectivity index (χ1v) is 6.71. The average molecular weight is 326 g/mol. The molecule has 0 bridgehead atoms. The van der Waals surface area contributed by atoms with Gasteiger partial charge in [0.2, 0.25) is 0 Å². The van der Waals surface area contributed by atoms with Crippen molar-refractivity contribution in [2.24, 2.45) is 0 Å². The summed E-state index contributed by atoms with van der Waals surface area (Å²) >= 11 is 3.45. The lowest BCUT2D eigenvalue weighted by Crippen LogP contribution is -2.25. The highest BCUT2D eigenvalue weighted by atomic mass is 79.9. The Morgan fingerprint density at radius 1 is 1.53 bits per heavy atom. The van der Waals surface area contributed by atoms with Crippen molar-refractivity contribution in [3.8, 4) is 5.75 Å². The van der Waals surface area contributed by atoms with Crippen LogP contribution in [0, 0.1) is 0 Å². The summed E-state index contributed by atoms with van der Waals surface area (Å²) in [5.74, 6) is 0.771. The van der Waals surface area contributed by atoms with Crippen LogP contribution in [0.4, 0.5) is 5.69 Å². The van der Waals surface area contributed by atoms with Gasteiger partial charge in [0.1, 0.15) is 5.75 Å². The van der Waals surface area contributed by atoms with Gasteiger partial charge in [-0.2, -0.15) is 5.10 Å². The second-order valence-corrected chi connectivity index (χ2v) is 4.96. The fourth-order valence-electron chi connectivity index (χ4n) is 1.68. The minimum atomic E-state index is -0.516. The Balaban J connectivity index is 1.91. The first kappa shape index (κ1) is 13.9. The van der Waals surface area contributed by atoms with Gasteiger partial charge in [0.15, 0.2) is 0 Å². The Bertz CT molecular complexity index is 517. The van der Waals surface area contributed by atoms with Gasteiger partial charge in [-0.3, -0.25) is 4.68 Å². The second kappa shape index (κ2) is 6.58. The molecule has 0 saturated heterocycles. The van der Waals surface area contributed by atoms with Crippen LogP contribution in [-0.2, 0) is 6.54 Å². The molecular weight excluding hydrogens is 310 g/mol. The summed E-state index contributed by atoms with van der Waals surface area (Å²) in [5.41, 5.74) is 0.888. The first-order valence-electron chi connectivity index (χ1n) is 5.92. The molecular formula is C13H16BrN3O2. The van der Waals surface area contributed by atoms with Gasteiger partial charge in [-0.1, -0.05) is 0 Å². The van der Waals surface area contributed by atoms with Crippen molar-refractivity contribution < 1.29 is 9.84 Å². The molecule has 1 atom stereocenters. The van der Waals surface area contributed by atoms with Crippen LogP contribution in [-0.4, -0.2) is 34.6 Å². The van der Waals surface area contributed by atoms with Gasteiger partial charge in [-0.25, -0.2) is 0 Å². The fraction of sp³-hybridized carbons (Fsp3) is 0.308. The molecule has 2 N–H and O–H groups in total. The Hall–Kier alpha value is -1.53. The molecule has 6 heteroatoms. The number of nitrogens with one attached hydrogen (secondary N) is 1. The largest absolute Gasteiger partial charge is 0.497 e. The summed E-state index contributed by atoms with van der Waals surface area (Å²) in [5, 5.41) is 17.2. The van der Waals surface area contributed by atoms with Crippen LogP contribution < -0.4 is 10.1 Å². The number of aliphatic hydroxyl groups is 1. The standard InChI is InChI=1S/C13H16BrN3O2/c1-19-11-3-4-12(14)13(7-11)15-8-10(18)9-17-6-2-5-16-17/h2-7,10,15,18H,8-9H2,1H3. The smallest absolute Gasteiger partial charge is 0.121 e. The number of aromatic nitrogens is 2. The van der Waals surface area contributed by atoms with Gasteiger partial charge in [-0.15, -0.1) is 0 Å². The van der Waals surface area contributed by atoms with Crippen LogP contribution in [0.25, 0.3) is 0 Å². The van der Waals surface area contributed by atoms with E-state index in [1.165, 1.54) is 0 Å². The molecule has 102 valence electrons. The molecule has 0 aliphatic carbocycles. The minimum absolute atomic E-state index is 0.436. The molecule has 0 saturated carbocycles. The summed E-state index contributed by atoms with van der Waals surface area (Å²) in [7, 11) is 1.62. The van der Waals surface area contributed by atoms with Crippen molar-refractivity contribution in [3.63, 3.8) is 0 Å². The number of ether oxygens (including phenoxy) is 1. The zero-order chi connectivity index (χ0) is 13.7. The first-order chi connectivity index (χ1) is 9.19. The quantitative estimate of drug-likeness (QED) is 0.854. The molecule has 2 rings (SSSR count). The van der Waals surface area contributed by atoms with E-state index < -0.39 is 6.10 Å². The average Bonchev–Trinajstić information content (AvgIpc) is 2.90. The van der Waals surface area contributed by atoms with E-state index in [9.17, 15) is 5.11 Å². The summed E-state index contributed by atoms with van der Waals surface area (Å²) in [6.07, 6.45) is 3.00. The van der Waals surface area contributed by atoms with Crippen LogP contribution in [0.3, 0.4) is 0 Å². The van der Waals surface area contributed by atoms with Crippen molar-refractivity contribution in [2.45, 2.75) is 12.6 Å². The molecule has 1 unspecified atom stereocenters. The molecule has 19 heavy (non-hydrogen) atoms. The Labute approximate surface area is 120 Å². The highest BCUT2D eigenvalue weighted by molar-refractivity contribution is 9.10. The van der Waals surface area contributed by atoms with Crippen molar-refractivity contribution in [1.82, 2.24) is 9.78 Å². The van der Waals surface area contributed by atoms with E-state index in [2.05, 4.69) is 26.3 Å². The zero-order valence-corrected chi connectivity index (χ0v) is 12.2. The van der Waals surface area contributed by atoms with Crippen molar-refractivity contribution in [3.05, 3.63) is 41.1 Å². The Kier molecular flexibility index (Phi) is 4.81. The SMILES string of the molecule is COc1ccc(Br)c(NCC(O)Cn2cccn2)c1. The normalized spacial score (nSPS) is 12.2. The van der Waals surface area contributed by atoms with Crippen LogP contribution in [0.1, 0.15) is 0 Å². The predicted molar refractivity (Wildman–Crippen MR) is 77.4 cm³/mol. The second-order valence-electron chi connectivity index (χ2n) is 4.11. The van der Waals surface area contributed by atoms with Gasteiger partial charge in [-0.05, 0) is 34.1 Å². The minimum Gasteiger partial charge on any atom is -0.497 e. The lowest BCUT2D eigenvalue weighted by Gasteiger charge is -2.14. The number of aliphatic hydroxyl groups excluding tert-OH is 1. The third kappa shape index (κ3) is 3.97. The molecule has 0 fully saturated rings. The maximum atomic E-state index is 9.93. The fourth-order valence-corrected chi connectivity index (χ4v) is 2.07. The third-order valence-corrected chi connectivity index (χ3v) is 3.35. The van der Waals surface area contributed by atoms with Gasteiger partial charge in [0.25, 0.3) is 0 Å². The van der Waals surface area contributed by atoms with E-state index in [4.69, 9.17) is 4.74 Å². The number of methoxy groups -OCH3 is 1. The van der Waals surface area contributed by atoms with E-state index in [1.54, 1.807) is 18.0 Å². The summed E-state index contributed by atoms with van der Waals surface area (Å²) in [6, 6.07) is 7.49. The number of hydrogen-bond donors (Lipinski definition) is 2. The van der Waals surface area contributed by atoms with Gasteiger partial charge in [0, 0.05) is 29.5 Å². The number of halogens is 1. The molecule has 0 aliphatic heterocycles. The van der Waals surface area contributed by atoms with Crippen molar-refractivity contribution in [1.29, 1.82) is 0 Å². The zero-order valence-electron chi connectivity index (χ0n) is 10.6. The van der Waals surface area contributed by atoms with Crippen LogP contribution in [0.2, 0.25) is 0 Å². The maximum absolute atomic E-state index is 9.93. The monoisotopic (exact) mass is 325 g/mol. The van der Waals surface area contributed by atoms with E-state index in [1.807, 2.05) is 30.5 Å². The van der Waals surface area contributed by atoms with E-state index in [0.29, 0.717) is 13.1 Å². The summed E-state index contributed by atoms with van der Waals surface area (Å²) < 4.78 is 7.80. The number of anilines is 1. The molecule has 2 aromatic rings. The Morgan fingerprint density at radius 3 is 3.05 bits per heavy atom. The third-order valence-electron chi connectivity index (χ3n) is 2.66. The van der Waals surface area contributed by atoms with Gasteiger partial charge < -0.3 is 15.2 Å². The summed E-state index contributed by atoms with van der Waals surface area (Å²) in [4.78, 5) is 0. The lowest BCUT2D eigenvalue weighted by atomic mass is 10.2.